The number of hydrogen-bond donors (Lipinski definition) is 2. The number of imidazole rings is 1. The molecule has 0 aliphatic heterocycles. The molecular weight excluding hydrogens is 476 g/mol. The van der Waals surface area contributed by atoms with Crippen LogP contribution in [-0.4, -0.2) is 29.5 Å². The minimum Gasteiger partial charge on any atom is -0.382 e. The highest BCUT2D eigenvalue weighted by Gasteiger charge is 2.30. The number of benzene rings is 2. The van der Waals surface area contributed by atoms with Crippen LogP contribution in [0.5, 0.6) is 0 Å². The van der Waals surface area contributed by atoms with Gasteiger partial charge in [0, 0.05) is 10.8 Å². The van der Waals surface area contributed by atoms with E-state index < -0.39 is 5.41 Å². The van der Waals surface area contributed by atoms with Crippen molar-refractivity contribution in [1.29, 1.82) is 5.26 Å². The van der Waals surface area contributed by atoms with Crippen LogP contribution < -0.4 is 5.73 Å². The van der Waals surface area contributed by atoms with Gasteiger partial charge in [0.1, 0.15) is 11.6 Å². The van der Waals surface area contributed by atoms with Crippen molar-refractivity contribution in [2.45, 2.75) is 52.4 Å². The summed E-state index contributed by atoms with van der Waals surface area (Å²) < 4.78 is 3.20. The van der Waals surface area contributed by atoms with Gasteiger partial charge in [-0.2, -0.15) is 20.1 Å². The second-order valence-electron chi connectivity index (χ2n) is 11.2. The van der Waals surface area contributed by atoms with Crippen molar-refractivity contribution in [2.24, 2.45) is 10.2 Å². The zero-order valence-electron chi connectivity index (χ0n) is 22.4. The topological polar surface area (TPSA) is 139 Å². The van der Waals surface area contributed by atoms with Gasteiger partial charge in [-0.3, -0.25) is 0 Å². The molecule has 5 rings (SSSR count). The predicted molar refractivity (Wildman–Crippen MR) is 147 cm³/mol. The lowest BCUT2D eigenvalue weighted by atomic mass is 9.90. The van der Waals surface area contributed by atoms with E-state index in [1.54, 1.807) is 4.68 Å². The van der Waals surface area contributed by atoms with E-state index in [2.05, 4.69) is 26.3 Å². The molecule has 192 valence electrons. The Morgan fingerprint density at radius 1 is 0.842 bits per heavy atom. The molecule has 0 saturated carbocycles. The molecule has 3 aromatic heterocycles. The first-order chi connectivity index (χ1) is 18.0. The quantitative estimate of drug-likeness (QED) is 0.272. The molecule has 0 amide bonds. The molecule has 10 nitrogen and oxygen atoms in total. The monoisotopic (exact) mass is 506 g/mol. The summed E-state index contributed by atoms with van der Waals surface area (Å²) in [6.07, 6.45) is 0. The fourth-order valence-corrected chi connectivity index (χ4v) is 4.21. The third kappa shape index (κ3) is 4.32. The maximum atomic E-state index is 10.2. The number of aromatic nitrogens is 6. The third-order valence-electron chi connectivity index (χ3n) is 6.11. The van der Waals surface area contributed by atoms with Gasteiger partial charge < -0.3 is 10.7 Å². The van der Waals surface area contributed by atoms with Crippen molar-refractivity contribution in [1.82, 2.24) is 29.5 Å². The highest BCUT2D eigenvalue weighted by atomic mass is 15.4. The highest BCUT2D eigenvalue weighted by Crippen LogP contribution is 2.39. The Bertz CT molecular complexity index is 1660. The van der Waals surface area contributed by atoms with Crippen LogP contribution in [0.2, 0.25) is 0 Å². The Morgan fingerprint density at radius 3 is 2.11 bits per heavy atom. The molecule has 0 saturated heterocycles. The second-order valence-corrected chi connectivity index (χ2v) is 11.2. The van der Waals surface area contributed by atoms with E-state index in [4.69, 9.17) is 15.9 Å². The third-order valence-corrected chi connectivity index (χ3v) is 6.11. The number of nitriles is 1. The van der Waals surface area contributed by atoms with Crippen LogP contribution in [0.4, 0.5) is 17.3 Å². The summed E-state index contributed by atoms with van der Waals surface area (Å²) in [5.74, 6) is 1.06. The molecule has 5 aromatic rings. The van der Waals surface area contributed by atoms with Crippen LogP contribution in [0.3, 0.4) is 0 Å². The highest BCUT2D eigenvalue weighted by molar-refractivity contribution is 5.76. The van der Waals surface area contributed by atoms with Crippen LogP contribution in [0.15, 0.2) is 64.8 Å². The van der Waals surface area contributed by atoms with E-state index in [-0.39, 0.29) is 11.2 Å². The zero-order valence-corrected chi connectivity index (χ0v) is 22.4. The molecule has 3 heterocycles. The van der Waals surface area contributed by atoms with Gasteiger partial charge in [0.15, 0.2) is 17.3 Å². The number of para-hydroxylation sites is 3. The van der Waals surface area contributed by atoms with Crippen molar-refractivity contribution < 1.29 is 0 Å². The van der Waals surface area contributed by atoms with Gasteiger partial charge in [0.05, 0.1) is 28.1 Å². The molecule has 0 bridgehead atoms. The Kier molecular flexibility index (Phi) is 5.87. The van der Waals surface area contributed by atoms with Crippen LogP contribution in [0.1, 0.15) is 58.5 Å². The van der Waals surface area contributed by atoms with Gasteiger partial charge in [0.2, 0.25) is 5.95 Å². The largest absolute Gasteiger partial charge is 0.382 e. The van der Waals surface area contributed by atoms with Crippen LogP contribution in [-0.2, 0) is 10.8 Å². The normalized spacial score (nSPS) is 12.4. The Balaban J connectivity index is 1.72. The number of nitrogens with two attached hydrogens (primary N) is 1. The van der Waals surface area contributed by atoms with E-state index >= 15 is 0 Å². The number of fused-ring (bicyclic) bond motifs is 1. The van der Waals surface area contributed by atoms with Crippen molar-refractivity contribution in [2.75, 3.05) is 5.73 Å². The summed E-state index contributed by atoms with van der Waals surface area (Å²) in [6, 6.07) is 19.6. The number of anilines is 1. The number of rotatable bonds is 4. The number of aromatic amines is 1. The predicted octanol–water partition coefficient (Wildman–Crippen LogP) is 6.40. The first-order valence-electron chi connectivity index (χ1n) is 12.3. The molecule has 2 aromatic carbocycles. The summed E-state index contributed by atoms with van der Waals surface area (Å²) in [6.45, 7) is 12.1. The molecule has 0 atom stereocenters. The SMILES string of the molecule is CC(C)(C)c1nn(-c2nc3ccccc3[nH]2)c(/N=N/c2c(C(C)(C)C)nn(-c3ccccc3)c2N)c1C#N. The number of nitrogens with zero attached hydrogens (tertiary/aromatic N) is 8. The standard InChI is InChI=1S/C28H30N10/c1-27(2,3)22-18(16-29)25(38(35-22)26-31-19-14-10-11-15-20(19)32-26)34-33-21-23(28(4,5)6)36-37(24(21)30)17-12-8-7-9-13-17/h7-15H,30H2,1-6H3,(H,31,32)/b34-33+. The van der Waals surface area contributed by atoms with Gasteiger partial charge in [-0.25, -0.2) is 9.67 Å². The van der Waals surface area contributed by atoms with E-state index in [1.165, 1.54) is 4.68 Å². The van der Waals surface area contributed by atoms with Crippen molar-refractivity contribution >= 4 is 28.4 Å². The van der Waals surface area contributed by atoms with Crippen molar-refractivity contribution in [3.63, 3.8) is 0 Å². The van der Waals surface area contributed by atoms with Gasteiger partial charge in [-0.1, -0.05) is 71.9 Å². The van der Waals surface area contributed by atoms with Gasteiger partial charge in [-0.15, -0.1) is 10.2 Å². The minimum absolute atomic E-state index is 0.267. The number of nitrogens with one attached hydrogen (secondary N) is 1. The van der Waals surface area contributed by atoms with E-state index in [0.29, 0.717) is 34.4 Å². The average Bonchev–Trinajstić information content (AvgIpc) is 3.55. The van der Waals surface area contributed by atoms with Gasteiger partial charge in [0.25, 0.3) is 0 Å². The fourth-order valence-electron chi connectivity index (χ4n) is 4.21. The molecule has 0 aliphatic carbocycles. The number of nitrogen functional groups attached to an aromatic ring is 1. The fraction of sp³-hybridized carbons (Fsp3) is 0.286. The second kappa shape index (κ2) is 8.95. The molecule has 0 fully saturated rings. The van der Waals surface area contributed by atoms with E-state index in [9.17, 15) is 5.26 Å². The van der Waals surface area contributed by atoms with Crippen LogP contribution >= 0.6 is 0 Å². The first-order valence-corrected chi connectivity index (χ1v) is 12.3. The smallest absolute Gasteiger partial charge is 0.231 e. The maximum absolute atomic E-state index is 10.2. The van der Waals surface area contributed by atoms with E-state index in [0.717, 1.165) is 16.7 Å². The summed E-state index contributed by atoms with van der Waals surface area (Å²) in [5.41, 5.74) is 10.3. The molecule has 3 N–H and O–H groups in total. The number of azo groups is 1. The molecule has 0 aliphatic rings. The van der Waals surface area contributed by atoms with Gasteiger partial charge in [-0.05, 0) is 24.3 Å². The average molecular weight is 507 g/mol. The molecule has 0 radical (unpaired) electrons. The lowest BCUT2D eigenvalue weighted by Gasteiger charge is -2.15. The Hall–Kier alpha value is -4.78. The maximum Gasteiger partial charge on any atom is 0.231 e. The minimum atomic E-state index is -0.416. The molecular formula is C28H30N10. The van der Waals surface area contributed by atoms with E-state index in [1.807, 2.05) is 96.1 Å². The molecule has 38 heavy (non-hydrogen) atoms. The zero-order chi connectivity index (χ0) is 27.2. The van der Waals surface area contributed by atoms with Crippen LogP contribution in [0.25, 0.3) is 22.7 Å². The lowest BCUT2D eigenvalue weighted by molar-refractivity contribution is 0.557. The molecule has 0 unspecified atom stereocenters. The summed E-state index contributed by atoms with van der Waals surface area (Å²) >= 11 is 0. The summed E-state index contributed by atoms with van der Waals surface area (Å²) in [5, 5.41) is 28.9. The lowest BCUT2D eigenvalue weighted by Crippen LogP contribution is -2.14. The molecule has 0 spiro atoms. The van der Waals surface area contributed by atoms with Gasteiger partial charge >= 0.3 is 0 Å². The molecule has 10 heteroatoms. The summed E-state index contributed by atoms with van der Waals surface area (Å²) in [7, 11) is 0. The van der Waals surface area contributed by atoms with Crippen LogP contribution in [0, 0.1) is 11.3 Å². The Labute approximate surface area is 220 Å². The van der Waals surface area contributed by atoms with Crippen molar-refractivity contribution in [3.05, 3.63) is 71.5 Å². The summed E-state index contributed by atoms with van der Waals surface area (Å²) in [4.78, 5) is 7.96. The van der Waals surface area contributed by atoms with Crippen molar-refractivity contribution in [3.8, 4) is 17.7 Å². The number of H-pyrrole nitrogens is 1. The Morgan fingerprint density at radius 2 is 1.47 bits per heavy atom. The number of hydrogen-bond acceptors (Lipinski definition) is 7. The first kappa shape index (κ1) is 24.9.